The molecule has 0 spiro atoms. The van der Waals surface area contributed by atoms with E-state index in [1.165, 1.54) is 11.0 Å². The third-order valence-corrected chi connectivity index (χ3v) is 2.80. The number of hydrogen-bond acceptors (Lipinski definition) is 2. The van der Waals surface area contributed by atoms with E-state index in [1.807, 2.05) is 30.3 Å². The third kappa shape index (κ3) is 3.17. The van der Waals surface area contributed by atoms with E-state index in [-0.39, 0.29) is 18.1 Å². The summed E-state index contributed by atoms with van der Waals surface area (Å²) in [4.78, 5) is 13.3. The SMILES string of the molecule is NCC(=O)N(Cc1ccccc1)c1ccccc1F. The van der Waals surface area contributed by atoms with Crippen LogP contribution in [0.15, 0.2) is 54.6 Å². The van der Waals surface area contributed by atoms with Crippen LogP contribution in [0.2, 0.25) is 0 Å². The van der Waals surface area contributed by atoms with Crippen molar-refractivity contribution in [3.05, 3.63) is 66.0 Å². The average Bonchev–Trinajstić information content (AvgIpc) is 2.46. The first kappa shape index (κ1) is 13.2. The van der Waals surface area contributed by atoms with Gasteiger partial charge in [-0.1, -0.05) is 42.5 Å². The Morgan fingerprint density at radius 1 is 1.05 bits per heavy atom. The maximum Gasteiger partial charge on any atom is 0.241 e. The summed E-state index contributed by atoms with van der Waals surface area (Å²) in [6.45, 7) is 0.152. The van der Waals surface area contributed by atoms with Gasteiger partial charge in [0.2, 0.25) is 5.91 Å². The Labute approximate surface area is 111 Å². The zero-order chi connectivity index (χ0) is 13.7. The van der Waals surface area contributed by atoms with Gasteiger partial charge in [0, 0.05) is 0 Å². The van der Waals surface area contributed by atoms with Crippen molar-refractivity contribution in [1.29, 1.82) is 0 Å². The fraction of sp³-hybridized carbons (Fsp3) is 0.133. The molecule has 2 N–H and O–H groups in total. The highest BCUT2D eigenvalue weighted by atomic mass is 19.1. The third-order valence-electron chi connectivity index (χ3n) is 2.80. The number of halogens is 1. The number of benzene rings is 2. The monoisotopic (exact) mass is 258 g/mol. The van der Waals surface area contributed by atoms with Gasteiger partial charge in [-0.25, -0.2) is 4.39 Å². The summed E-state index contributed by atoms with van der Waals surface area (Å²) in [7, 11) is 0. The van der Waals surface area contributed by atoms with Crippen LogP contribution in [0.3, 0.4) is 0 Å². The molecule has 0 atom stereocenters. The van der Waals surface area contributed by atoms with Gasteiger partial charge in [-0.05, 0) is 17.7 Å². The molecule has 0 unspecified atom stereocenters. The average molecular weight is 258 g/mol. The lowest BCUT2D eigenvalue weighted by atomic mass is 10.2. The van der Waals surface area contributed by atoms with Crippen LogP contribution in [0.25, 0.3) is 0 Å². The minimum Gasteiger partial charge on any atom is -0.322 e. The summed E-state index contributed by atoms with van der Waals surface area (Å²) in [6, 6.07) is 15.6. The Balaban J connectivity index is 2.32. The molecule has 0 saturated carbocycles. The number of hydrogen-bond donors (Lipinski definition) is 1. The summed E-state index contributed by atoms with van der Waals surface area (Å²) in [5.74, 6) is -0.741. The molecule has 0 aliphatic carbocycles. The van der Waals surface area contributed by atoms with Crippen molar-refractivity contribution in [3.63, 3.8) is 0 Å². The summed E-state index contributed by atoms with van der Waals surface area (Å²) in [5, 5.41) is 0. The number of carbonyl (C=O) groups is 1. The fourth-order valence-electron chi connectivity index (χ4n) is 1.85. The Morgan fingerprint density at radius 2 is 1.68 bits per heavy atom. The topological polar surface area (TPSA) is 46.3 Å². The molecule has 0 aliphatic heterocycles. The van der Waals surface area contributed by atoms with Gasteiger partial charge in [0.25, 0.3) is 0 Å². The number of amides is 1. The summed E-state index contributed by atoms with van der Waals surface area (Å²) < 4.78 is 13.8. The highest BCUT2D eigenvalue weighted by Gasteiger charge is 2.17. The largest absolute Gasteiger partial charge is 0.322 e. The second-order valence-corrected chi connectivity index (χ2v) is 4.12. The zero-order valence-electron chi connectivity index (χ0n) is 10.4. The van der Waals surface area contributed by atoms with E-state index >= 15 is 0 Å². The Hall–Kier alpha value is -2.20. The normalized spacial score (nSPS) is 10.2. The molecular formula is C15H15FN2O. The van der Waals surface area contributed by atoms with E-state index in [0.717, 1.165) is 5.56 Å². The molecular weight excluding hydrogens is 243 g/mol. The van der Waals surface area contributed by atoms with Gasteiger partial charge in [0.05, 0.1) is 18.8 Å². The Kier molecular flexibility index (Phi) is 4.26. The quantitative estimate of drug-likeness (QED) is 0.914. The molecule has 0 fully saturated rings. The second-order valence-electron chi connectivity index (χ2n) is 4.12. The van der Waals surface area contributed by atoms with Crippen molar-refractivity contribution >= 4 is 11.6 Å². The van der Waals surface area contributed by atoms with E-state index < -0.39 is 5.82 Å². The van der Waals surface area contributed by atoms with Crippen LogP contribution in [0.1, 0.15) is 5.56 Å². The maximum absolute atomic E-state index is 13.8. The van der Waals surface area contributed by atoms with Crippen LogP contribution in [-0.4, -0.2) is 12.5 Å². The Bertz CT molecular complexity index is 557. The number of rotatable bonds is 4. The predicted octanol–water partition coefficient (Wildman–Crippen LogP) is 2.32. The molecule has 0 radical (unpaired) electrons. The van der Waals surface area contributed by atoms with Gasteiger partial charge in [-0.2, -0.15) is 0 Å². The summed E-state index contributed by atoms with van der Waals surface area (Å²) >= 11 is 0. The zero-order valence-corrected chi connectivity index (χ0v) is 10.4. The minimum atomic E-state index is -0.430. The highest BCUT2D eigenvalue weighted by Crippen LogP contribution is 2.21. The van der Waals surface area contributed by atoms with Gasteiger partial charge in [-0.3, -0.25) is 4.79 Å². The molecule has 0 heterocycles. The van der Waals surface area contributed by atoms with Gasteiger partial charge < -0.3 is 10.6 Å². The number of carbonyl (C=O) groups excluding carboxylic acids is 1. The summed E-state index contributed by atoms with van der Waals surface area (Å²) in [5.41, 5.74) is 6.58. The van der Waals surface area contributed by atoms with E-state index in [9.17, 15) is 9.18 Å². The molecule has 3 nitrogen and oxygen atoms in total. The van der Waals surface area contributed by atoms with Crippen molar-refractivity contribution in [1.82, 2.24) is 0 Å². The van der Waals surface area contributed by atoms with Crippen LogP contribution in [0.5, 0.6) is 0 Å². The van der Waals surface area contributed by atoms with E-state index in [0.29, 0.717) is 6.54 Å². The number of para-hydroxylation sites is 1. The number of nitrogens with zero attached hydrogens (tertiary/aromatic N) is 1. The number of nitrogens with two attached hydrogens (primary N) is 1. The van der Waals surface area contributed by atoms with Crippen LogP contribution in [-0.2, 0) is 11.3 Å². The molecule has 0 aromatic heterocycles. The predicted molar refractivity (Wildman–Crippen MR) is 73.1 cm³/mol. The highest BCUT2D eigenvalue weighted by molar-refractivity contribution is 5.94. The minimum absolute atomic E-state index is 0.152. The molecule has 0 saturated heterocycles. The maximum atomic E-state index is 13.8. The van der Waals surface area contributed by atoms with Crippen LogP contribution >= 0.6 is 0 Å². The van der Waals surface area contributed by atoms with E-state index in [4.69, 9.17) is 5.73 Å². The lowest BCUT2D eigenvalue weighted by Gasteiger charge is -2.22. The fourth-order valence-corrected chi connectivity index (χ4v) is 1.85. The molecule has 0 aliphatic rings. The smallest absolute Gasteiger partial charge is 0.241 e. The number of anilines is 1. The lowest BCUT2D eigenvalue weighted by Crippen LogP contribution is -2.36. The van der Waals surface area contributed by atoms with Crippen molar-refractivity contribution in [2.75, 3.05) is 11.4 Å². The van der Waals surface area contributed by atoms with Crippen molar-refractivity contribution in [2.45, 2.75) is 6.54 Å². The van der Waals surface area contributed by atoms with Gasteiger partial charge >= 0.3 is 0 Å². The molecule has 2 rings (SSSR count). The van der Waals surface area contributed by atoms with E-state index in [2.05, 4.69) is 0 Å². The van der Waals surface area contributed by atoms with Crippen LogP contribution < -0.4 is 10.6 Å². The first-order valence-electron chi connectivity index (χ1n) is 6.01. The molecule has 1 amide bonds. The molecule has 2 aromatic rings. The Morgan fingerprint density at radius 3 is 2.32 bits per heavy atom. The van der Waals surface area contributed by atoms with Gasteiger partial charge in [-0.15, -0.1) is 0 Å². The van der Waals surface area contributed by atoms with Gasteiger partial charge in [0.15, 0.2) is 0 Å². The standard InChI is InChI=1S/C15H15FN2O/c16-13-8-4-5-9-14(13)18(15(19)10-17)11-12-6-2-1-3-7-12/h1-9H,10-11,17H2. The molecule has 2 aromatic carbocycles. The first-order chi connectivity index (χ1) is 9.22. The molecule has 98 valence electrons. The molecule has 4 heteroatoms. The van der Waals surface area contributed by atoms with Crippen molar-refractivity contribution < 1.29 is 9.18 Å². The molecule has 0 bridgehead atoms. The lowest BCUT2D eigenvalue weighted by molar-refractivity contribution is -0.117. The molecule has 19 heavy (non-hydrogen) atoms. The summed E-state index contributed by atoms with van der Waals surface area (Å²) in [6.07, 6.45) is 0. The first-order valence-corrected chi connectivity index (χ1v) is 6.01. The van der Waals surface area contributed by atoms with Crippen molar-refractivity contribution in [2.24, 2.45) is 5.73 Å². The van der Waals surface area contributed by atoms with Crippen molar-refractivity contribution in [3.8, 4) is 0 Å². The van der Waals surface area contributed by atoms with Crippen LogP contribution in [0.4, 0.5) is 10.1 Å². The van der Waals surface area contributed by atoms with Crippen LogP contribution in [0, 0.1) is 5.82 Å². The second kappa shape index (κ2) is 6.11. The van der Waals surface area contributed by atoms with Gasteiger partial charge in [0.1, 0.15) is 5.82 Å². The van der Waals surface area contributed by atoms with E-state index in [1.54, 1.807) is 18.2 Å².